The number of ether oxygens (including phenoxy) is 2. The summed E-state index contributed by atoms with van der Waals surface area (Å²) in [5.41, 5.74) is 3.76. The van der Waals surface area contributed by atoms with Gasteiger partial charge in [0.1, 0.15) is 5.52 Å². The fourth-order valence-corrected chi connectivity index (χ4v) is 3.01. The Morgan fingerprint density at radius 1 is 1.35 bits per heavy atom. The standard InChI is InChI=1S/C18H18ClN3O4/c1-9-5-13(21-14-8-20-22(3)16(9)14)12-6-11(19)7-15(25-4)17(12)26-10(2)18(23)24/h5-8,10H,1-4H3,(H,23,24). The van der Waals surface area contributed by atoms with E-state index in [0.29, 0.717) is 22.0 Å². The first-order chi connectivity index (χ1) is 12.3. The lowest BCUT2D eigenvalue weighted by Crippen LogP contribution is -2.23. The summed E-state index contributed by atoms with van der Waals surface area (Å²) in [7, 11) is 3.32. The van der Waals surface area contributed by atoms with Crippen LogP contribution in [0.3, 0.4) is 0 Å². The van der Waals surface area contributed by atoms with Gasteiger partial charge in [0.15, 0.2) is 17.6 Å². The van der Waals surface area contributed by atoms with Gasteiger partial charge in [0.2, 0.25) is 0 Å². The molecule has 1 N–H and O–H groups in total. The third kappa shape index (κ3) is 3.17. The second-order valence-corrected chi connectivity index (χ2v) is 6.35. The number of hydrogen-bond acceptors (Lipinski definition) is 5. The van der Waals surface area contributed by atoms with Gasteiger partial charge in [0.25, 0.3) is 0 Å². The highest BCUT2D eigenvalue weighted by Gasteiger charge is 2.22. The molecule has 7 nitrogen and oxygen atoms in total. The molecule has 0 saturated heterocycles. The van der Waals surface area contributed by atoms with Crippen LogP contribution in [0.25, 0.3) is 22.3 Å². The van der Waals surface area contributed by atoms with Crippen molar-refractivity contribution in [2.24, 2.45) is 7.05 Å². The van der Waals surface area contributed by atoms with Gasteiger partial charge in [0.05, 0.1) is 24.5 Å². The number of rotatable bonds is 5. The summed E-state index contributed by atoms with van der Waals surface area (Å²) in [6.45, 7) is 3.40. The molecule has 0 bridgehead atoms. The molecule has 8 heteroatoms. The maximum Gasteiger partial charge on any atom is 0.344 e. The van der Waals surface area contributed by atoms with Crippen LogP contribution in [0, 0.1) is 6.92 Å². The lowest BCUT2D eigenvalue weighted by Gasteiger charge is -2.18. The van der Waals surface area contributed by atoms with E-state index in [1.807, 2.05) is 20.0 Å². The molecule has 2 aromatic heterocycles. The quantitative estimate of drug-likeness (QED) is 0.734. The molecule has 1 unspecified atom stereocenters. The van der Waals surface area contributed by atoms with Crippen LogP contribution in [0.1, 0.15) is 12.5 Å². The minimum absolute atomic E-state index is 0.280. The van der Waals surface area contributed by atoms with Crippen LogP contribution in [0.2, 0.25) is 5.02 Å². The van der Waals surface area contributed by atoms with Crippen LogP contribution in [0.15, 0.2) is 24.4 Å². The van der Waals surface area contributed by atoms with Crippen LogP contribution >= 0.6 is 11.6 Å². The van der Waals surface area contributed by atoms with E-state index in [4.69, 9.17) is 21.1 Å². The van der Waals surface area contributed by atoms with Crippen molar-refractivity contribution in [2.75, 3.05) is 7.11 Å². The third-order valence-corrected chi connectivity index (χ3v) is 4.26. The molecule has 0 amide bonds. The van der Waals surface area contributed by atoms with Gasteiger partial charge in [-0.05, 0) is 31.5 Å². The average molecular weight is 376 g/mol. The number of nitrogens with zero attached hydrogens (tertiary/aromatic N) is 3. The predicted molar refractivity (Wildman–Crippen MR) is 98.0 cm³/mol. The first-order valence-electron chi connectivity index (χ1n) is 7.88. The molecular weight excluding hydrogens is 358 g/mol. The van der Waals surface area contributed by atoms with E-state index in [-0.39, 0.29) is 5.75 Å². The van der Waals surface area contributed by atoms with Gasteiger partial charge >= 0.3 is 5.97 Å². The maximum absolute atomic E-state index is 11.2. The molecule has 0 aliphatic heterocycles. The molecule has 0 fully saturated rings. The van der Waals surface area contributed by atoms with Gasteiger partial charge in [-0.25, -0.2) is 9.78 Å². The molecule has 136 valence electrons. The number of aryl methyl sites for hydroxylation is 2. The van der Waals surface area contributed by atoms with E-state index >= 15 is 0 Å². The zero-order valence-corrected chi connectivity index (χ0v) is 15.5. The topological polar surface area (TPSA) is 86.5 Å². The Balaban J connectivity index is 2.23. The average Bonchev–Trinajstić information content (AvgIpc) is 2.97. The smallest absolute Gasteiger partial charge is 0.344 e. The van der Waals surface area contributed by atoms with Crippen molar-refractivity contribution in [1.82, 2.24) is 14.8 Å². The summed E-state index contributed by atoms with van der Waals surface area (Å²) < 4.78 is 12.7. The summed E-state index contributed by atoms with van der Waals surface area (Å²) >= 11 is 6.22. The molecule has 2 heterocycles. The molecule has 1 atom stereocenters. The molecule has 1 aromatic carbocycles. The number of hydrogen-bond donors (Lipinski definition) is 1. The largest absolute Gasteiger partial charge is 0.493 e. The number of benzene rings is 1. The van der Waals surface area contributed by atoms with E-state index in [1.54, 1.807) is 23.0 Å². The summed E-state index contributed by atoms with van der Waals surface area (Å²) in [5.74, 6) is -0.465. The lowest BCUT2D eigenvalue weighted by atomic mass is 10.1. The van der Waals surface area contributed by atoms with Crippen molar-refractivity contribution < 1.29 is 19.4 Å². The van der Waals surface area contributed by atoms with Crippen LogP contribution in [-0.4, -0.2) is 39.1 Å². The van der Waals surface area contributed by atoms with Crippen LogP contribution in [0.4, 0.5) is 0 Å². The number of pyridine rings is 1. The summed E-state index contributed by atoms with van der Waals surface area (Å²) in [4.78, 5) is 15.9. The van der Waals surface area contributed by atoms with Crippen LogP contribution < -0.4 is 9.47 Å². The van der Waals surface area contributed by atoms with E-state index in [0.717, 1.165) is 16.6 Å². The van der Waals surface area contributed by atoms with Crippen molar-refractivity contribution in [2.45, 2.75) is 20.0 Å². The number of aliphatic carboxylic acids is 1. The number of carboxylic acid groups (broad SMARTS) is 1. The van der Waals surface area contributed by atoms with Crippen molar-refractivity contribution >= 4 is 28.6 Å². The molecule has 0 saturated carbocycles. The fourth-order valence-electron chi connectivity index (χ4n) is 2.80. The Morgan fingerprint density at radius 3 is 2.73 bits per heavy atom. The molecule has 3 aromatic rings. The Morgan fingerprint density at radius 2 is 2.08 bits per heavy atom. The molecule has 0 spiro atoms. The second-order valence-electron chi connectivity index (χ2n) is 5.91. The van der Waals surface area contributed by atoms with Gasteiger partial charge in [-0.2, -0.15) is 5.10 Å². The number of fused-ring (bicyclic) bond motifs is 1. The van der Waals surface area contributed by atoms with Crippen LogP contribution in [-0.2, 0) is 11.8 Å². The van der Waals surface area contributed by atoms with Gasteiger partial charge in [0, 0.05) is 23.7 Å². The van der Waals surface area contributed by atoms with Crippen molar-refractivity contribution in [3.8, 4) is 22.8 Å². The number of carbonyl (C=O) groups is 1. The number of halogens is 1. The van der Waals surface area contributed by atoms with E-state index in [9.17, 15) is 9.90 Å². The molecule has 26 heavy (non-hydrogen) atoms. The fraction of sp³-hybridized carbons (Fsp3) is 0.278. The Kier molecular flexibility index (Phi) is 4.73. The van der Waals surface area contributed by atoms with Crippen molar-refractivity contribution in [3.05, 3.63) is 35.0 Å². The van der Waals surface area contributed by atoms with Gasteiger partial charge in [-0.15, -0.1) is 0 Å². The maximum atomic E-state index is 11.2. The highest BCUT2D eigenvalue weighted by molar-refractivity contribution is 6.31. The minimum Gasteiger partial charge on any atom is -0.493 e. The SMILES string of the molecule is COc1cc(Cl)cc(-c2cc(C)c3c(cnn3C)n2)c1OC(C)C(=O)O. The summed E-state index contributed by atoms with van der Waals surface area (Å²) in [5, 5.41) is 13.9. The first kappa shape index (κ1) is 18.0. The third-order valence-electron chi connectivity index (χ3n) is 4.04. The zero-order chi connectivity index (χ0) is 19.0. The minimum atomic E-state index is -1.08. The number of carboxylic acids is 1. The van der Waals surface area contributed by atoms with Gasteiger partial charge in [-0.3, -0.25) is 4.68 Å². The molecule has 0 aliphatic rings. The van der Waals surface area contributed by atoms with E-state index in [1.165, 1.54) is 14.0 Å². The first-order valence-corrected chi connectivity index (χ1v) is 8.26. The second kappa shape index (κ2) is 6.84. The Hall–Kier alpha value is -2.80. The molecule has 0 aliphatic carbocycles. The van der Waals surface area contributed by atoms with E-state index in [2.05, 4.69) is 10.1 Å². The lowest BCUT2D eigenvalue weighted by molar-refractivity contribution is -0.144. The van der Waals surface area contributed by atoms with Crippen molar-refractivity contribution in [1.29, 1.82) is 0 Å². The number of aromatic nitrogens is 3. The van der Waals surface area contributed by atoms with Crippen molar-refractivity contribution in [3.63, 3.8) is 0 Å². The molecule has 0 radical (unpaired) electrons. The van der Waals surface area contributed by atoms with Gasteiger partial charge in [-0.1, -0.05) is 11.6 Å². The Labute approximate surface area is 155 Å². The highest BCUT2D eigenvalue weighted by atomic mass is 35.5. The highest BCUT2D eigenvalue weighted by Crippen LogP contribution is 2.41. The van der Waals surface area contributed by atoms with Crippen LogP contribution in [0.5, 0.6) is 11.5 Å². The van der Waals surface area contributed by atoms with Gasteiger partial charge < -0.3 is 14.6 Å². The molecule has 3 rings (SSSR count). The zero-order valence-electron chi connectivity index (χ0n) is 14.8. The normalized spacial score (nSPS) is 12.2. The summed E-state index contributed by atoms with van der Waals surface area (Å²) in [6.07, 6.45) is 0.612. The number of methoxy groups -OCH3 is 1. The Bertz CT molecular complexity index is 1000. The monoisotopic (exact) mass is 375 g/mol. The predicted octanol–water partition coefficient (Wildman–Crippen LogP) is 3.46. The van der Waals surface area contributed by atoms with E-state index < -0.39 is 12.1 Å². The summed E-state index contributed by atoms with van der Waals surface area (Å²) in [6, 6.07) is 5.13. The molecular formula is C18H18ClN3O4.